The van der Waals surface area contributed by atoms with Crippen molar-refractivity contribution in [3.8, 4) is 17.6 Å². The van der Waals surface area contributed by atoms with Crippen LogP contribution in [0.1, 0.15) is 39.7 Å². The summed E-state index contributed by atoms with van der Waals surface area (Å²) in [6.45, 7) is 7.97. The lowest BCUT2D eigenvalue weighted by atomic mass is 9.86. The molecule has 0 aliphatic heterocycles. The maximum atomic E-state index is 12.3. The molecular formula is C18H22BrNO3. The van der Waals surface area contributed by atoms with Gasteiger partial charge in [0.25, 0.3) is 0 Å². The minimum Gasteiger partial charge on any atom is -0.493 e. The van der Waals surface area contributed by atoms with Crippen molar-refractivity contribution in [3.05, 3.63) is 27.7 Å². The fraction of sp³-hybridized carbons (Fsp3) is 0.444. The van der Waals surface area contributed by atoms with Crippen molar-refractivity contribution < 1.29 is 14.3 Å². The van der Waals surface area contributed by atoms with Crippen molar-refractivity contribution in [2.75, 3.05) is 13.7 Å². The highest BCUT2D eigenvalue weighted by molar-refractivity contribution is 9.10. The quantitative estimate of drug-likeness (QED) is 0.527. The average molecular weight is 380 g/mol. The topological polar surface area (TPSA) is 59.3 Å². The second-order valence-corrected chi connectivity index (χ2v) is 6.99. The van der Waals surface area contributed by atoms with Crippen molar-refractivity contribution in [2.45, 2.75) is 34.1 Å². The van der Waals surface area contributed by atoms with E-state index in [1.54, 1.807) is 46.1 Å². The number of nitriles is 1. The Morgan fingerprint density at radius 3 is 2.52 bits per heavy atom. The van der Waals surface area contributed by atoms with Gasteiger partial charge in [0.2, 0.25) is 0 Å². The number of halogens is 1. The summed E-state index contributed by atoms with van der Waals surface area (Å²) in [6, 6.07) is 5.55. The van der Waals surface area contributed by atoms with E-state index in [2.05, 4.69) is 15.9 Å². The fourth-order valence-corrected chi connectivity index (χ4v) is 2.46. The van der Waals surface area contributed by atoms with E-state index < -0.39 is 5.41 Å². The Labute approximate surface area is 146 Å². The number of ether oxygens (including phenoxy) is 2. The molecule has 0 amide bonds. The molecule has 1 aromatic carbocycles. The number of carbonyl (C=O) groups is 1. The average Bonchev–Trinajstić information content (AvgIpc) is 2.49. The highest BCUT2D eigenvalue weighted by Gasteiger charge is 2.25. The summed E-state index contributed by atoms with van der Waals surface area (Å²) in [7, 11) is 1.56. The van der Waals surface area contributed by atoms with E-state index >= 15 is 0 Å². The van der Waals surface area contributed by atoms with E-state index in [9.17, 15) is 10.1 Å². The van der Waals surface area contributed by atoms with Gasteiger partial charge in [-0.1, -0.05) is 27.7 Å². The maximum Gasteiger partial charge on any atom is 0.178 e. The molecule has 0 aliphatic rings. The Kier molecular flexibility index (Phi) is 6.83. The third kappa shape index (κ3) is 5.11. The monoisotopic (exact) mass is 379 g/mol. The predicted molar refractivity (Wildman–Crippen MR) is 94.5 cm³/mol. The molecule has 0 heterocycles. The molecule has 5 heteroatoms. The van der Waals surface area contributed by atoms with Crippen LogP contribution in [0.3, 0.4) is 0 Å². The van der Waals surface area contributed by atoms with Crippen molar-refractivity contribution in [3.63, 3.8) is 0 Å². The normalized spacial score (nSPS) is 11.8. The molecule has 0 aliphatic carbocycles. The lowest BCUT2D eigenvalue weighted by Gasteiger charge is -2.16. The fourth-order valence-electron chi connectivity index (χ4n) is 1.89. The van der Waals surface area contributed by atoms with Crippen LogP contribution in [-0.2, 0) is 4.79 Å². The summed E-state index contributed by atoms with van der Waals surface area (Å²) >= 11 is 3.46. The second-order valence-electron chi connectivity index (χ2n) is 6.13. The van der Waals surface area contributed by atoms with Crippen LogP contribution >= 0.6 is 15.9 Å². The van der Waals surface area contributed by atoms with Gasteiger partial charge in [0.1, 0.15) is 6.07 Å². The largest absolute Gasteiger partial charge is 0.493 e. The van der Waals surface area contributed by atoms with Crippen LogP contribution in [0.5, 0.6) is 11.5 Å². The molecular weight excluding hydrogens is 358 g/mol. The van der Waals surface area contributed by atoms with Gasteiger partial charge in [-0.3, -0.25) is 4.79 Å². The van der Waals surface area contributed by atoms with Crippen molar-refractivity contribution >= 4 is 27.8 Å². The van der Waals surface area contributed by atoms with Crippen molar-refractivity contribution in [1.82, 2.24) is 0 Å². The van der Waals surface area contributed by atoms with E-state index in [1.165, 1.54) is 0 Å². The molecule has 4 nitrogen and oxygen atoms in total. The molecule has 1 aromatic rings. The summed E-state index contributed by atoms with van der Waals surface area (Å²) in [5, 5.41) is 9.28. The minimum atomic E-state index is -0.604. The van der Waals surface area contributed by atoms with E-state index in [0.29, 0.717) is 23.7 Å². The molecule has 0 spiro atoms. The first-order valence-corrected chi connectivity index (χ1v) is 8.20. The first kappa shape index (κ1) is 19.2. The van der Waals surface area contributed by atoms with Gasteiger partial charge in [-0.05, 0) is 46.1 Å². The van der Waals surface area contributed by atoms with Gasteiger partial charge in [-0.15, -0.1) is 0 Å². The highest BCUT2D eigenvalue weighted by Crippen LogP contribution is 2.37. The number of rotatable bonds is 6. The number of hydrogen-bond donors (Lipinski definition) is 0. The molecule has 23 heavy (non-hydrogen) atoms. The van der Waals surface area contributed by atoms with Gasteiger partial charge >= 0.3 is 0 Å². The van der Waals surface area contributed by atoms with Crippen LogP contribution in [0.15, 0.2) is 22.2 Å². The Bertz CT molecular complexity index is 651. The SMILES string of the molecule is CCCOc1c(Br)cc(/C=C(\C#N)C(=O)C(C)(C)C)cc1OC. The number of ketones is 1. The third-order valence-corrected chi connectivity index (χ3v) is 3.65. The summed E-state index contributed by atoms with van der Waals surface area (Å²) in [5.74, 6) is 0.980. The Hall–Kier alpha value is -1.80. The van der Waals surface area contributed by atoms with E-state index in [0.717, 1.165) is 10.9 Å². The van der Waals surface area contributed by atoms with Gasteiger partial charge < -0.3 is 9.47 Å². The molecule has 0 saturated carbocycles. The zero-order chi connectivity index (χ0) is 17.6. The van der Waals surface area contributed by atoms with Gasteiger partial charge in [-0.25, -0.2) is 0 Å². The Balaban J connectivity index is 3.28. The minimum absolute atomic E-state index is 0.119. The first-order valence-electron chi connectivity index (χ1n) is 7.41. The lowest BCUT2D eigenvalue weighted by Crippen LogP contribution is -2.21. The summed E-state index contributed by atoms with van der Waals surface area (Å²) in [6.07, 6.45) is 2.46. The molecule has 0 aromatic heterocycles. The predicted octanol–water partition coefficient (Wildman–Crippen LogP) is 4.77. The van der Waals surface area contributed by atoms with Crippen molar-refractivity contribution in [2.24, 2.45) is 5.41 Å². The van der Waals surface area contributed by atoms with Crippen LogP contribution in [0.25, 0.3) is 6.08 Å². The molecule has 1 rings (SSSR count). The van der Waals surface area contributed by atoms with Gasteiger partial charge in [0.05, 0.1) is 23.8 Å². The number of methoxy groups -OCH3 is 1. The van der Waals surface area contributed by atoms with Gasteiger partial charge in [-0.2, -0.15) is 5.26 Å². The summed E-state index contributed by atoms with van der Waals surface area (Å²) < 4.78 is 11.7. The van der Waals surface area contributed by atoms with E-state index in [1.807, 2.05) is 13.0 Å². The molecule has 0 fully saturated rings. The number of carbonyl (C=O) groups excluding carboxylic acids is 1. The second kappa shape index (κ2) is 8.16. The molecule has 0 radical (unpaired) electrons. The third-order valence-electron chi connectivity index (χ3n) is 3.06. The zero-order valence-corrected chi connectivity index (χ0v) is 15.8. The molecule has 0 bridgehead atoms. The van der Waals surface area contributed by atoms with Crippen LogP contribution in [0.4, 0.5) is 0 Å². The Morgan fingerprint density at radius 2 is 2.04 bits per heavy atom. The standard InChI is InChI=1S/C18H22BrNO3/c1-6-7-23-16-14(19)9-12(10-15(16)22-5)8-13(11-20)17(21)18(2,3)4/h8-10H,6-7H2,1-5H3/b13-8+. The lowest BCUT2D eigenvalue weighted by molar-refractivity contribution is -0.121. The van der Waals surface area contributed by atoms with Crippen molar-refractivity contribution in [1.29, 1.82) is 5.26 Å². The molecule has 0 saturated heterocycles. The Morgan fingerprint density at radius 1 is 1.39 bits per heavy atom. The summed E-state index contributed by atoms with van der Waals surface area (Å²) in [5.41, 5.74) is 0.216. The van der Waals surface area contributed by atoms with Gasteiger partial charge in [0, 0.05) is 5.41 Å². The highest BCUT2D eigenvalue weighted by atomic mass is 79.9. The number of benzene rings is 1. The number of allylic oxidation sites excluding steroid dienone is 1. The number of nitrogens with zero attached hydrogens (tertiary/aromatic N) is 1. The van der Waals surface area contributed by atoms with Crippen LogP contribution in [-0.4, -0.2) is 19.5 Å². The van der Waals surface area contributed by atoms with Gasteiger partial charge in [0.15, 0.2) is 17.3 Å². The van der Waals surface area contributed by atoms with Crippen LogP contribution < -0.4 is 9.47 Å². The van der Waals surface area contributed by atoms with Crippen LogP contribution in [0.2, 0.25) is 0 Å². The zero-order valence-electron chi connectivity index (χ0n) is 14.2. The number of hydrogen-bond acceptors (Lipinski definition) is 4. The number of Topliss-reactive ketones (excluding diaryl/α,β-unsaturated/α-hetero) is 1. The molecule has 0 unspecified atom stereocenters. The molecule has 0 atom stereocenters. The molecule has 124 valence electrons. The smallest absolute Gasteiger partial charge is 0.178 e. The van der Waals surface area contributed by atoms with E-state index in [4.69, 9.17) is 9.47 Å². The molecule has 0 N–H and O–H groups in total. The van der Waals surface area contributed by atoms with E-state index in [-0.39, 0.29) is 11.4 Å². The van der Waals surface area contributed by atoms with Crippen LogP contribution in [0, 0.1) is 16.7 Å². The summed E-state index contributed by atoms with van der Waals surface area (Å²) in [4.78, 5) is 12.3. The maximum absolute atomic E-state index is 12.3. The first-order chi connectivity index (χ1) is 10.7.